The third kappa shape index (κ3) is 5.13. The molecule has 0 bridgehead atoms. The van der Waals surface area contributed by atoms with Crippen molar-refractivity contribution < 1.29 is 14.5 Å². The number of aromatic nitrogens is 3. The molecule has 3 rings (SSSR count). The van der Waals surface area contributed by atoms with Gasteiger partial charge in [-0.05, 0) is 35.0 Å². The quantitative estimate of drug-likeness (QED) is 0.433. The highest BCUT2D eigenvalue weighted by Crippen LogP contribution is 2.29. The Balaban J connectivity index is 1.71. The van der Waals surface area contributed by atoms with Gasteiger partial charge in [0.25, 0.3) is 5.69 Å². The number of hydrogen-bond donors (Lipinski definition) is 1. The summed E-state index contributed by atoms with van der Waals surface area (Å²) in [5, 5.41) is 18.1. The van der Waals surface area contributed by atoms with Gasteiger partial charge in [0.1, 0.15) is 11.5 Å². The Kier molecular flexibility index (Phi) is 5.99. The highest BCUT2D eigenvalue weighted by Gasteiger charge is 2.13. The van der Waals surface area contributed by atoms with E-state index < -0.39 is 4.92 Å². The van der Waals surface area contributed by atoms with Crippen molar-refractivity contribution in [2.45, 2.75) is 19.9 Å². The second-order valence-electron chi connectivity index (χ2n) is 5.89. The molecule has 0 aliphatic heterocycles. The van der Waals surface area contributed by atoms with Gasteiger partial charge in [-0.3, -0.25) is 24.6 Å². The summed E-state index contributed by atoms with van der Waals surface area (Å²) in [4.78, 5) is 26.8. The van der Waals surface area contributed by atoms with Crippen LogP contribution in [0.25, 0.3) is 0 Å². The number of carbonyl (C=O) groups excluding carboxylic acids is 1. The third-order valence-corrected chi connectivity index (χ3v) is 4.49. The predicted octanol–water partition coefficient (Wildman–Crippen LogP) is 4.08. The lowest BCUT2D eigenvalue weighted by molar-refractivity contribution is -0.384. The normalized spacial score (nSPS) is 10.5. The van der Waals surface area contributed by atoms with Crippen molar-refractivity contribution in [2.75, 3.05) is 5.32 Å². The first-order valence-electron chi connectivity index (χ1n) is 8.27. The molecule has 2 heterocycles. The monoisotopic (exact) mass is 445 g/mol. The van der Waals surface area contributed by atoms with E-state index in [4.69, 9.17) is 4.74 Å². The van der Waals surface area contributed by atoms with Crippen molar-refractivity contribution in [1.29, 1.82) is 0 Å². The SMILES string of the molecule is Cc1nn(CCC(=O)Nc2cc(Oc3cccnc3)cc([N+](=O)[O-])c2)cc1Br. The molecule has 28 heavy (non-hydrogen) atoms. The molecule has 3 aromatic rings. The van der Waals surface area contributed by atoms with E-state index in [1.165, 1.54) is 24.4 Å². The van der Waals surface area contributed by atoms with Crippen molar-refractivity contribution in [1.82, 2.24) is 14.8 Å². The van der Waals surface area contributed by atoms with E-state index in [0.717, 1.165) is 10.2 Å². The number of rotatable bonds is 7. The molecule has 0 unspecified atom stereocenters. The summed E-state index contributed by atoms with van der Waals surface area (Å²) in [6.07, 6.45) is 5.03. The maximum Gasteiger partial charge on any atom is 0.275 e. The molecule has 1 aromatic carbocycles. The number of amides is 1. The first-order valence-corrected chi connectivity index (χ1v) is 9.07. The van der Waals surface area contributed by atoms with Gasteiger partial charge in [-0.15, -0.1) is 0 Å². The minimum atomic E-state index is -0.546. The molecule has 144 valence electrons. The summed E-state index contributed by atoms with van der Waals surface area (Å²) in [5.74, 6) is 0.362. The maximum atomic E-state index is 12.2. The Hall–Kier alpha value is -3.27. The number of hydrogen-bond acceptors (Lipinski definition) is 6. The number of nitro benzene ring substituents is 1. The van der Waals surface area contributed by atoms with Crippen LogP contribution in [0.4, 0.5) is 11.4 Å². The molecule has 0 spiro atoms. The molecule has 9 nitrogen and oxygen atoms in total. The molecule has 0 aliphatic rings. The third-order valence-electron chi connectivity index (χ3n) is 3.71. The molecule has 0 fully saturated rings. The van der Waals surface area contributed by atoms with Gasteiger partial charge in [0.15, 0.2) is 0 Å². The van der Waals surface area contributed by atoms with E-state index in [1.54, 1.807) is 29.2 Å². The summed E-state index contributed by atoms with van der Waals surface area (Å²) in [7, 11) is 0. The second-order valence-corrected chi connectivity index (χ2v) is 6.74. The summed E-state index contributed by atoms with van der Waals surface area (Å²) < 4.78 is 8.12. The Bertz CT molecular complexity index is 987. The number of aryl methyl sites for hydroxylation is 2. The standard InChI is InChI=1S/C18H16BrN5O4/c1-12-17(19)11-23(22-12)6-4-18(25)21-13-7-14(24(26)27)9-16(8-13)28-15-3-2-5-20-10-15/h2-3,5,7-11H,4,6H2,1H3,(H,21,25). The topological polar surface area (TPSA) is 112 Å². The first-order chi connectivity index (χ1) is 13.4. The zero-order chi connectivity index (χ0) is 20.1. The predicted molar refractivity (Wildman–Crippen MR) is 105 cm³/mol. The van der Waals surface area contributed by atoms with Gasteiger partial charge in [-0.25, -0.2) is 0 Å². The minimum absolute atomic E-state index is 0.162. The number of ether oxygens (including phenoxy) is 1. The average molecular weight is 446 g/mol. The van der Waals surface area contributed by atoms with Crippen molar-refractivity contribution in [3.63, 3.8) is 0 Å². The number of non-ortho nitro benzene ring substituents is 1. The molecule has 0 atom stereocenters. The Morgan fingerprint density at radius 1 is 1.36 bits per heavy atom. The molecule has 0 saturated carbocycles. The molecule has 0 aliphatic carbocycles. The fourth-order valence-corrected chi connectivity index (χ4v) is 2.73. The fourth-order valence-electron chi connectivity index (χ4n) is 2.41. The summed E-state index contributed by atoms with van der Waals surface area (Å²) in [5.41, 5.74) is 0.913. The fraction of sp³-hybridized carbons (Fsp3) is 0.167. The number of carbonyl (C=O) groups is 1. The lowest BCUT2D eigenvalue weighted by Gasteiger charge is -2.09. The van der Waals surface area contributed by atoms with E-state index in [2.05, 4.69) is 31.3 Å². The smallest absolute Gasteiger partial charge is 0.275 e. The van der Waals surface area contributed by atoms with Crippen LogP contribution in [-0.2, 0) is 11.3 Å². The number of pyridine rings is 1. The van der Waals surface area contributed by atoms with Gasteiger partial charge >= 0.3 is 0 Å². The van der Waals surface area contributed by atoms with Crippen molar-refractivity contribution >= 4 is 33.2 Å². The van der Waals surface area contributed by atoms with Crippen molar-refractivity contribution in [2.24, 2.45) is 0 Å². The maximum absolute atomic E-state index is 12.2. The van der Waals surface area contributed by atoms with Gasteiger partial charge in [-0.1, -0.05) is 0 Å². The molecule has 10 heteroatoms. The average Bonchev–Trinajstić information content (AvgIpc) is 2.98. The largest absolute Gasteiger partial charge is 0.455 e. The lowest BCUT2D eigenvalue weighted by Crippen LogP contribution is -2.15. The Labute approximate surface area is 168 Å². The van der Waals surface area contributed by atoms with Gasteiger partial charge in [-0.2, -0.15) is 5.10 Å². The number of benzene rings is 1. The lowest BCUT2D eigenvalue weighted by atomic mass is 10.2. The Morgan fingerprint density at radius 2 is 2.18 bits per heavy atom. The summed E-state index contributed by atoms with van der Waals surface area (Å²) >= 11 is 3.37. The van der Waals surface area contributed by atoms with Crippen LogP contribution in [0.1, 0.15) is 12.1 Å². The number of nitro groups is 1. The van der Waals surface area contributed by atoms with Crippen molar-refractivity contribution in [3.05, 3.63) is 69.2 Å². The molecule has 1 N–H and O–H groups in total. The van der Waals surface area contributed by atoms with E-state index >= 15 is 0 Å². The van der Waals surface area contributed by atoms with Gasteiger partial charge < -0.3 is 10.1 Å². The number of halogens is 1. The van der Waals surface area contributed by atoms with E-state index in [0.29, 0.717) is 12.3 Å². The zero-order valence-corrected chi connectivity index (χ0v) is 16.4. The van der Waals surface area contributed by atoms with Crippen LogP contribution in [0.5, 0.6) is 11.5 Å². The molecular formula is C18H16BrN5O4. The number of nitrogens with zero attached hydrogens (tertiary/aromatic N) is 4. The zero-order valence-electron chi connectivity index (χ0n) is 14.8. The first kappa shape index (κ1) is 19.5. The van der Waals surface area contributed by atoms with Crippen LogP contribution in [0.15, 0.2) is 53.4 Å². The highest BCUT2D eigenvalue weighted by atomic mass is 79.9. The molecular weight excluding hydrogens is 430 g/mol. The van der Waals surface area contributed by atoms with Crippen LogP contribution >= 0.6 is 15.9 Å². The van der Waals surface area contributed by atoms with Crippen LogP contribution in [-0.4, -0.2) is 25.6 Å². The van der Waals surface area contributed by atoms with Crippen molar-refractivity contribution in [3.8, 4) is 11.5 Å². The van der Waals surface area contributed by atoms with E-state index in [9.17, 15) is 14.9 Å². The van der Waals surface area contributed by atoms with Crippen LogP contribution in [0.3, 0.4) is 0 Å². The van der Waals surface area contributed by atoms with Crippen LogP contribution < -0.4 is 10.1 Å². The molecule has 2 aromatic heterocycles. The minimum Gasteiger partial charge on any atom is -0.455 e. The number of nitrogens with one attached hydrogen (secondary N) is 1. The van der Waals surface area contributed by atoms with E-state index in [1.807, 2.05) is 6.92 Å². The van der Waals surface area contributed by atoms with E-state index in [-0.39, 0.29) is 29.5 Å². The van der Waals surface area contributed by atoms with Crippen LogP contribution in [0, 0.1) is 17.0 Å². The summed E-state index contributed by atoms with van der Waals surface area (Å²) in [6.45, 7) is 2.24. The molecule has 0 saturated heterocycles. The molecule has 0 radical (unpaired) electrons. The summed E-state index contributed by atoms with van der Waals surface area (Å²) in [6, 6.07) is 7.45. The number of anilines is 1. The second kappa shape index (κ2) is 8.61. The Morgan fingerprint density at radius 3 is 2.82 bits per heavy atom. The molecule has 1 amide bonds. The van der Waals surface area contributed by atoms with Gasteiger partial charge in [0, 0.05) is 37.5 Å². The highest BCUT2D eigenvalue weighted by molar-refractivity contribution is 9.10. The van der Waals surface area contributed by atoms with Gasteiger partial charge in [0.05, 0.1) is 33.0 Å². The van der Waals surface area contributed by atoms with Gasteiger partial charge in [0.2, 0.25) is 5.91 Å². The van der Waals surface area contributed by atoms with Crippen LogP contribution in [0.2, 0.25) is 0 Å².